The van der Waals surface area contributed by atoms with Gasteiger partial charge >= 0.3 is 0 Å². The van der Waals surface area contributed by atoms with E-state index in [0.717, 1.165) is 0 Å². The lowest BCUT2D eigenvalue weighted by Gasteiger charge is -2.08. The summed E-state index contributed by atoms with van der Waals surface area (Å²) in [6, 6.07) is 4.31. The number of hydrogen-bond donors (Lipinski definition) is 0. The van der Waals surface area contributed by atoms with Crippen molar-refractivity contribution in [1.29, 1.82) is 0 Å². The van der Waals surface area contributed by atoms with Gasteiger partial charge in [-0.3, -0.25) is 0 Å². The Hall–Kier alpha value is -1.50. The summed E-state index contributed by atoms with van der Waals surface area (Å²) >= 11 is 3.18. The molecule has 2 rings (SSSR count). The summed E-state index contributed by atoms with van der Waals surface area (Å²) in [5, 5.41) is 10.9. The lowest BCUT2D eigenvalue weighted by atomic mass is 10.2. The SMILES string of the molecule is COc1ccc(F)cc1Cn1nnnc1Br. The molecule has 0 bridgehead atoms. The summed E-state index contributed by atoms with van der Waals surface area (Å²) in [5.41, 5.74) is 0.676. The van der Waals surface area contributed by atoms with Crippen molar-refractivity contribution in [2.75, 3.05) is 7.11 Å². The number of methoxy groups -OCH3 is 1. The quantitative estimate of drug-likeness (QED) is 0.861. The number of hydrogen-bond acceptors (Lipinski definition) is 4. The average molecular weight is 287 g/mol. The molecule has 0 unspecified atom stereocenters. The van der Waals surface area contributed by atoms with E-state index in [2.05, 4.69) is 31.5 Å². The van der Waals surface area contributed by atoms with E-state index in [1.54, 1.807) is 6.07 Å². The molecule has 0 spiro atoms. The van der Waals surface area contributed by atoms with Gasteiger partial charge in [0.1, 0.15) is 11.6 Å². The molecule has 7 heteroatoms. The molecule has 1 aromatic carbocycles. The molecule has 1 aromatic heterocycles. The highest BCUT2D eigenvalue weighted by molar-refractivity contribution is 9.10. The van der Waals surface area contributed by atoms with Crippen LogP contribution >= 0.6 is 15.9 Å². The molecular weight excluding hydrogens is 279 g/mol. The number of ether oxygens (including phenoxy) is 1. The average Bonchev–Trinajstić information content (AvgIpc) is 2.65. The van der Waals surface area contributed by atoms with Crippen LogP contribution in [0.15, 0.2) is 22.9 Å². The van der Waals surface area contributed by atoms with Gasteiger partial charge in [0.2, 0.25) is 4.73 Å². The molecule has 0 saturated carbocycles. The van der Waals surface area contributed by atoms with Crippen LogP contribution in [0.1, 0.15) is 5.56 Å². The Balaban J connectivity index is 2.33. The zero-order chi connectivity index (χ0) is 11.5. The minimum atomic E-state index is -0.319. The molecule has 0 N–H and O–H groups in total. The first-order valence-corrected chi connectivity index (χ1v) is 5.24. The second-order valence-corrected chi connectivity index (χ2v) is 3.77. The summed E-state index contributed by atoms with van der Waals surface area (Å²) < 4.78 is 20.2. The van der Waals surface area contributed by atoms with Gasteiger partial charge in [-0.25, -0.2) is 9.07 Å². The minimum Gasteiger partial charge on any atom is -0.496 e. The van der Waals surface area contributed by atoms with Gasteiger partial charge in [0.15, 0.2) is 0 Å². The van der Waals surface area contributed by atoms with Crippen LogP contribution in [0.25, 0.3) is 0 Å². The molecule has 0 aliphatic rings. The van der Waals surface area contributed by atoms with Gasteiger partial charge in [-0.15, -0.1) is 5.10 Å². The molecule has 16 heavy (non-hydrogen) atoms. The van der Waals surface area contributed by atoms with E-state index in [0.29, 0.717) is 22.6 Å². The standard InChI is InChI=1S/C9H8BrFN4O/c1-16-8-3-2-7(11)4-6(8)5-15-9(10)12-13-14-15/h2-4H,5H2,1H3. The molecule has 0 saturated heterocycles. The van der Waals surface area contributed by atoms with Gasteiger partial charge in [-0.1, -0.05) is 0 Å². The fraction of sp³-hybridized carbons (Fsp3) is 0.222. The Morgan fingerprint density at radius 3 is 2.94 bits per heavy atom. The Morgan fingerprint density at radius 2 is 2.31 bits per heavy atom. The summed E-state index contributed by atoms with van der Waals surface area (Å²) in [7, 11) is 1.53. The van der Waals surface area contributed by atoms with Gasteiger partial charge in [-0.05, 0) is 44.6 Å². The Labute approximate surface area is 99.3 Å². The highest BCUT2D eigenvalue weighted by Crippen LogP contribution is 2.20. The van der Waals surface area contributed by atoms with E-state index in [1.807, 2.05) is 0 Å². The molecule has 0 atom stereocenters. The number of tetrazole rings is 1. The molecule has 0 radical (unpaired) electrons. The maximum absolute atomic E-state index is 13.1. The van der Waals surface area contributed by atoms with Crippen LogP contribution in [0.2, 0.25) is 0 Å². The fourth-order valence-corrected chi connectivity index (χ4v) is 1.59. The van der Waals surface area contributed by atoms with Crippen molar-refractivity contribution in [3.63, 3.8) is 0 Å². The van der Waals surface area contributed by atoms with Crippen LogP contribution < -0.4 is 4.74 Å². The van der Waals surface area contributed by atoms with Gasteiger partial charge in [-0.2, -0.15) is 0 Å². The van der Waals surface area contributed by atoms with Crippen LogP contribution in [0.4, 0.5) is 4.39 Å². The molecule has 0 amide bonds. The first kappa shape index (κ1) is 11.0. The van der Waals surface area contributed by atoms with E-state index in [-0.39, 0.29) is 5.82 Å². The Kier molecular flexibility index (Phi) is 3.14. The molecule has 2 aromatic rings. The number of nitrogens with zero attached hydrogens (tertiary/aromatic N) is 4. The molecule has 0 aliphatic heterocycles. The van der Waals surface area contributed by atoms with Gasteiger partial charge < -0.3 is 4.74 Å². The molecule has 5 nitrogen and oxygen atoms in total. The van der Waals surface area contributed by atoms with Crippen molar-refractivity contribution in [2.45, 2.75) is 6.54 Å². The maximum Gasteiger partial charge on any atom is 0.218 e. The largest absolute Gasteiger partial charge is 0.496 e. The summed E-state index contributed by atoms with van der Waals surface area (Å²) in [4.78, 5) is 0. The minimum absolute atomic E-state index is 0.319. The van der Waals surface area contributed by atoms with Crippen molar-refractivity contribution in [3.8, 4) is 5.75 Å². The first-order valence-electron chi connectivity index (χ1n) is 4.45. The second kappa shape index (κ2) is 4.56. The van der Waals surface area contributed by atoms with Crippen LogP contribution in [-0.4, -0.2) is 27.3 Å². The van der Waals surface area contributed by atoms with Gasteiger partial charge in [0.05, 0.1) is 13.7 Å². The smallest absolute Gasteiger partial charge is 0.218 e. The number of halogens is 2. The third-order valence-corrected chi connectivity index (χ3v) is 2.62. The fourth-order valence-electron chi connectivity index (χ4n) is 1.32. The predicted molar refractivity (Wildman–Crippen MR) is 57.6 cm³/mol. The first-order chi connectivity index (χ1) is 7.70. The highest BCUT2D eigenvalue weighted by atomic mass is 79.9. The zero-order valence-corrected chi connectivity index (χ0v) is 9.98. The van der Waals surface area contributed by atoms with Crippen LogP contribution in [0.5, 0.6) is 5.75 Å². The molecular formula is C9H8BrFN4O. The lowest BCUT2D eigenvalue weighted by molar-refractivity contribution is 0.405. The second-order valence-electron chi connectivity index (χ2n) is 3.06. The number of aromatic nitrogens is 4. The predicted octanol–water partition coefficient (Wildman–Crippen LogP) is 1.63. The molecule has 84 valence electrons. The van der Waals surface area contributed by atoms with E-state index in [4.69, 9.17) is 4.74 Å². The number of benzene rings is 1. The van der Waals surface area contributed by atoms with Crippen molar-refractivity contribution in [1.82, 2.24) is 20.2 Å². The zero-order valence-electron chi connectivity index (χ0n) is 8.39. The van der Waals surface area contributed by atoms with Crippen LogP contribution in [0, 0.1) is 5.82 Å². The Morgan fingerprint density at radius 1 is 1.50 bits per heavy atom. The third-order valence-electron chi connectivity index (χ3n) is 2.05. The maximum atomic E-state index is 13.1. The van der Waals surface area contributed by atoms with Gasteiger partial charge in [0.25, 0.3) is 0 Å². The normalized spacial score (nSPS) is 10.4. The van der Waals surface area contributed by atoms with Crippen molar-refractivity contribution in [2.24, 2.45) is 0 Å². The van der Waals surface area contributed by atoms with Crippen molar-refractivity contribution in [3.05, 3.63) is 34.3 Å². The summed E-state index contributed by atoms with van der Waals surface area (Å²) in [6.45, 7) is 0.342. The highest BCUT2D eigenvalue weighted by Gasteiger charge is 2.08. The van der Waals surface area contributed by atoms with Gasteiger partial charge in [0, 0.05) is 5.56 Å². The number of rotatable bonds is 3. The van der Waals surface area contributed by atoms with E-state index >= 15 is 0 Å². The Bertz CT molecular complexity index is 502. The monoisotopic (exact) mass is 286 g/mol. The third kappa shape index (κ3) is 2.19. The van der Waals surface area contributed by atoms with Crippen molar-refractivity contribution >= 4 is 15.9 Å². The lowest BCUT2D eigenvalue weighted by Crippen LogP contribution is -2.04. The van der Waals surface area contributed by atoms with E-state index in [9.17, 15) is 4.39 Å². The summed E-state index contributed by atoms with van der Waals surface area (Å²) in [6.07, 6.45) is 0. The molecule has 1 heterocycles. The van der Waals surface area contributed by atoms with Crippen LogP contribution in [-0.2, 0) is 6.54 Å². The molecule has 0 fully saturated rings. The van der Waals surface area contributed by atoms with Crippen LogP contribution in [0.3, 0.4) is 0 Å². The van der Waals surface area contributed by atoms with Crippen molar-refractivity contribution < 1.29 is 9.13 Å². The van der Waals surface area contributed by atoms with E-state index < -0.39 is 0 Å². The van der Waals surface area contributed by atoms with E-state index in [1.165, 1.54) is 23.9 Å². The summed E-state index contributed by atoms with van der Waals surface area (Å²) in [5.74, 6) is 0.281. The molecule has 0 aliphatic carbocycles. The topological polar surface area (TPSA) is 52.8 Å².